The monoisotopic (exact) mass is 394 g/mol. The van der Waals surface area contributed by atoms with E-state index in [-0.39, 0.29) is 16.6 Å². The number of pyridine rings is 1. The van der Waals surface area contributed by atoms with Crippen molar-refractivity contribution in [1.82, 2.24) is 19.8 Å². The zero-order valence-corrected chi connectivity index (χ0v) is 15.9. The number of ether oxygens (including phenoxy) is 1. The van der Waals surface area contributed by atoms with E-state index < -0.39 is 10.0 Å². The van der Waals surface area contributed by atoms with Gasteiger partial charge in [0.25, 0.3) is 10.0 Å². The molecule has 3 aromatic heterocycles. The van der Waals surface area contributed by atoms with Crippen LogP contribution in [0.1, 0.15) is 24.6 Å². The van der Waals surface area contributed by atoms with E-state index >= 15 is 0 Å². The molecule has 1 N–H and O–H groups in total. The summed E-state index contributed by atoms with van der Waals surface area (Å²) >= 11 is 1.25. The number of aryl methyl sites for hydroxylation is 1. The predicted molar refractivity (Wildman–Crippen MR) is 96.4 cm³/mol. The zero-order chi connectivity index (χ0) is 18.6. The molecule has 138 valence electrons. The maximum atomic E-state index is 12.3. The Morgan fingerprint density at radius 1 is 1.23 bits per heavy atom. The smallest absolute Gasteiger partial charge is 0.250 e. The molecule has 0 saturated heterocycles. The van der Waals surface area contributed by atoms with Crippen molar-refractivity contribution >= 4 is 21.4 Å². The highest BCUT2D eigenvalue weighted by molar-refractivity contribution is 7.91. The molecule has 3 aromatic rings. The van der Waals surface area contributed by atoms with Crippen molar-refractivity contribution in [1.29, 1.82) is 0 Å². The maximum Gasteiger partial charge on any atom is 0.250 e. The summed E-state index contributed by atoms with van der Waals surface area (Å²) < 4.78 is 37.7. The van der Waals surface area contributed by atoms with Gasteiger partial charge in [-0.2, -0.15) is 4.98 Å². The number of hydrogen-bond donors (Lipinski definition) is 1. The second-order valence-electron chi connectivity index (χ2n) is 5.23. The molecule has 0 aromatic carbocycles. The Hall–Kier alpha value is -2.30. The highest BCUT2D eigenvalue weighted by Crippen LogP contribution is 2.22. The molecule has 0 unspecified atom stereocenters. The second-order valence-corrected chi connectivity index (χ2v) is 8.39. The Kier molecular flexibility index (Phi) is 5.64. The number of hydrogen-bond acceptors (Lipinski definition) is 8. The van der Waals surface area contributed by atoms with Gasteiger partial charge in [-0.3, -0.25) is 0 Å². The lowest BCUT2D eigenvalue weighted by atomic mass is 10.3. The van der Waals surface area contributed by atoms with Crippen LogP contribution in [0.25, 0.3) is 11.4 Å². The minimum Gasteiger partial charge on any atom is -0.478 e. The van der Waals surface area contributed by atoms with Crippen molar-refractivity contribution in [3.8, 4) is 17.3 Å². The van der Waals surface area contributed by atoms with Crippen LogP contribution in [-0.4, -0.2) is 30.1 Å². The fourth-order valence-corrected chi connectivity index (χ4v) is 4.42. The van der Waals surface area contributed by atoms with Gasteiger partial charge in [0, 0.05) is 22.7 Å². The van der Waals surface area contributed by atoms with Crippen LogP contribution in [0.4, 0.5) is 0 Å². The predicted octanol–water partition coefficient (Wildman–Crippen LogP) is 2.63. The fourth-order valence-electron chi connectivity index (χ4n) is 2.11. The Labute approximate surface area is 155 Å². The van der Waals surface area contributed by atoms with Crippen molar-refractivity contribution in [2.24, 2.45) is 0 Å². The fraction of sp³-hybridized carbons (Fsp3) is 0.312. The van der Waals surface area contributed by atoms with Gasteiger partial charge in [0.15, 0.2) is 0 Å². The lowest BCUT2D eigenvalue weighted by Crippen LogP contribution is -2.22. The van der Waals surface area contributed by atoms with Crippen molar-refractivity contribution in [2.45, 2.75) is 31.0 Å². The van der Waals surface area contributed by atoms with Crippen LogP contribution in [0.15, 0.2) is 39.2 Å². The van der Waals surface area contributed by atoms with Gasteiger partial charge < -0.3 is 9.26 Å². The van der Waals surface area contributed by atoms with Gasteiger partial charge in [-0.25, -0.2) is 18.1 Å². The molecule has 0 spiro atoms. The number of sulfonamides is 1. The summed E-state index contributed by atoms with van der Waals surface area (Å²) in [5, 5.41) is 3.85. The standard InChI is InChI=1S/C16H18N4O4S2/c1-3-12-6-8-15(25-12)26(21,22)18-10-14-19-16(20-24-14)11-5-7-13(17-9-11)23-4-2/h5-9,18H,3-4,10H2,1-2H3. The Morgan fingerprint density at radius 2 is 2.08 bits per heavy atom. The topological polar surface area (TPSA) is 107 Å². The van der Waals surface area contributed by atoms with Gasteiger partial charge in [0.05, 0.1) is 13.2 Å². The highest BCUT2D eigenvalue weighted by Gasteiger charge is 2.18. The summed E-state index contributed by atoms with van der Waals surface area (Å²) in [4.78, 5) is 9.34. The minimum atomic E-state index is -3.60. The van der Waals surface area contributed by atoms with Crippen molar-refractivity contribution in [3.63, 3.8) is 0 Å². The quantitative estimate of drug-likeness (QED) is 0.626. The van der Waals surface area contributed by atoms with Gasteiger partial charge in [-0.15, -0.1) is 11.3 Å². The average Bonchev–Trinajstić information content (AvgIpc) is 3.31. The molecule has 8 nitrogen and oxygen atoms in total. The maximum absolute atomic E-state index is 12.3. The summed E-state index contributed by atoms with van der Waals surface area (Å²) in [5.41, 5.74) is 0.650. The van der Waals surface area contributed by atoms with Crippen molar-refractivity contribution < 1.29 is 17.7 Å². The van der Waals surface area contributed by atoms with E-state index in [1.54, 1.807) is 24.4 Å². The van der Waals surface area contributed by atoms with E-state index in [1.165, 1.54) is 11.3 Å². The lowest BCUT2D eigenvalue weighted by Gasteiger charge is -2.01. The summed E-state index contributed by atoms with van der Waals surface area (Å²) in [5.74, 6) is 1.01. The largest absolute Gasteiger partial charge is 0.478 e. The van der Waals surface area contributed by atoms with Gasteiger partial charge in [-0.1, -0.05) is 12.1 Å². The molecule has 26 heavy (non-hydrogen) atoms. The molecule has 0 radical (unpaired) electrons. The van der Waals surface area contributed by atoms with Crippen LogP contribution in [-0.2, 0) is 23.0 Å². The second kappa shape index (κ2) is 7.94. The van der Waals surface area contributed by atoms with Crippen LogP contribution in [0, 0.1) is 0 Å². The van der Waals surface area contributed by atoms with Gasteiger partial charge in [0.2, 0.25) is 17.6 Å². The van der Waals surface area contributed by atoms with Crippen molar-refractivity contribution in [3.05, 3.63) is 41.2 Å². The first-order valence-electron chi connectivity index (χ1n) is 8.02. The third-order valence-electron chi connectivity index (χ3n) is 3.42. The molecule has 0 aliphatic rings. The molecule has 3 rings (SSSR count). The molecule has 0 amide bonds. The molecular formula is C16H18N4O4S2. The Balaban J connectivity index is 1.66. The van der Waals surface area contributed by atoms with Crippen LogP contribution in [0.5, 0.6) is 5.88 Å². The zero-order valence-electron chi connectivity index (χ0n) is 14.3. The molecule has 10 heteroatoms. The SMILES string of the molecule is CCOc1ccc(-c2noc(CNS(=O)(=O)c3ccc(CC)s3)n2)cn1. The van der Waals surface area contributed by atoms with Gasteiger partial charge >= 0.3 is 0 Å². The molecule has 0 aliphatic carbocycles. The number of nitrogens with one attached hydrogen (secondary N) is 1. The van der Waals surface area contributed by atoms with E-state index in [0.29, 0.717) is 23.9 Å². The van der Waals surface area contributed by atoms with E-state index in [0.717, 1.165) is 11.3 Å². The van der Waals surface area contributed by atoms with Gasteiger partial charge in [-0.05, 0) is 31.5 Å². The third kappa shape index (κ3) is 4.26. The number of thiophene rings is 1. The van der Waals surface area contributed by atoms with E-state index in [2.05, 4.69) is 19.8 Å². The molecule has 0 fully saturated rings. The molecule has 3 heterocycles. The summed E-state index contributed by atoms with van der Waals surface area (Å²) in [6.45, 7) is 4.30. The highest BCUT2D eigenvalue weighted by atomic mass is 32.2. The first-order valence-corrected chi connectivity index (χ1v) is 10.3. The van der Waals surface area contributed by atoms with Gasteiger partial charge in [0.1, 0.15) is 4.21 Å². The first-order chi connectivity index (χ1) is 12.5. The first kappa shape index (κ1) is 18.5. The summed E-state index contributed by atoms with van der Waals surface area (Å²) in [6.07, 6.45) is 2.37. The Bertz CT molecular complexity index is 964. The lowest BCUT2D eigenvalue weighted by molar-refractivity contribution is 0.327. The minimum absolute atomic E-state index is 0.0842. The molecule has 0 atom stereocenters. The summed E-state index contributed by atoms with van der Waals surface area (Å²) in [7, 11) is -3.60. The van der Waals surface area contributed by atoms with Crippen molar-refractivity contribution in [2.75, 3.05) is 6.61 Å². The summed E-state index contributed by atoms with van der Waals surface area (Å²) in [6, 6.07) is 6.87. The third-order valence-corrected chi connectivity index (χ3v) is 6.54. The van der Waals surface area contributed by atoms with E-state index in [1.807, 2.05) is 19.9 Å². The number of aromatic nitrogens is 3. The number of rotatable bonds is 8. The number of nitrogens with zero attached hydrogens (tertiary/aromatic N) is 3. The van der Waals surface area contributed by atoms with Crippen LogP contribution >= 0.6 is 11.3 Å². The van der Waals surface area contributed by atoms with E-state index in [4.69, 9.17) is 9.26 Å². The molecule has 0 saturated carbocycles. The average molecular weight is 394 g/mol. The van der Waals surface area contributed by atoms with E-state index in [9.17, 15) is 8.42 Å². The Morgan fingerprint density at radius 3 is 2.73 bits per heavy atom. The molecule has 0 bridgehead atoms. The van der Waals surface area contributed by atoms with Crippen LogP contribution in [0.2, 0.25) is 0 Å². The normalized spacial score (nSPS) is 11.6. The molecule has 0 aliphatic heterocycles. The van der Waals surface area contributed by atoms with Crippen LogP contribution < -0.4 is 9.46 Å². The van der Waals surface area contributed by atoms with Crippen LogP contribution in [0.3, 0.4) is 0 Å². The molecular weight excluding hydrogens is 376 g/mol.